The van der Waals surface area contributed by atoms with Crippen LogP contribution in [0.15, 0.2) is 28.8 Å². The molecule has 3 aromatic rings. The lowest BCUT2D eigenvalue weighted by molar-refractivity contribution is -0.00984. The van der Waals surface area contributed by atoms with Gasteiger partial charge >= 0.3 is 0 Å². The number of aromatic amines is 1. The first-order chi connectivity index (χ1) is 13.3. The molecular weight excluding hydrogens is 346 g/mol. The van der Waals surface area contributed by atoms with Crippen LogP contribution in [0.2, 0.25) is 0 Å². The number of rotatable bonds is 5. The Labute approximate surface area is 155 Å². The first-order valence-corrected chi connectivity index (χ1v) is 9.44. The minimum atomic E-state index is -0.0307. The van der Waals surface area contributed by atoms with Gasteiger partial charge in [0.25, 0.3) is 11.8 Å². The van der Waals surface area contributed by atoms with Crippen molar-refractivity contribution in [3.8, 4) is 0 Å². The summed E-state index contributed by atoms with van der Waals surface area (Å²) in [5.74, 6) is 1.80. The second-order valence-electron chi connectivity index (χ2n) is 7.24. The van der Waals surface area contributed by atoms with Crippen LogP contribution < -0.4 is 0 Å². The molecule has 0 atom stereocenters. The van der Waals surface area contributed by atoms with Gasteiger partial charge in [-0.25, -0.2) is 0 Å². The minimum absolute atomic E-state index is 0.0307. The van der Waals surface area contributed by atoms with Crippen LogP contribution >= 0.6 is 0 Å². The lowest BCUT2D eigenvalue weighted by atomic mass is 10.1. The number of ether oxygens (including phenoxy) is 1. The molecule has 0 unspecified atom stereocenters. The summed E-state index contributed by atoms with van der Waals surface area (Å²) in [4.78, 5) is 19.0. The fraction of sp³-hybridized carbons (Fsp3) is 0.474. The third kappa shape index (κ3) is 3.32. The molecule has 1 aliphatic carbocycles. The van der Waals surface area contributed by atoms with Crippen LogP contribution in [-0.2, 0) is 11.3 Å². The maximum atomic E-state index is 12.8. The third-order valence-electron chi connectivity index (χ3n) is 5.27. The third-order valence-corrected chi connectivity index (χ3v) is 5.27. The number of aromatic nitrogens is 4. The van der Waals surface area contributed by atoms with Crippen LogP contribution in [0.5, 0.6) is 0 Å². The van der Waals surface area contributed by atoms with Crippen LogP contribution in [-0.4, -0.2) is 50.3 Å². The van der Waals surface area contributed by atoms with Gasteiger partial charge in [0.2, 0.25) is 0 Å². The van der Waals surface area contributed by atoms with E-state index in [9.17, 15) is 4.79 Å². The topological polar surface area (TPSA) is 97.1 Å². The van der Waals surface area contributed by atoms with Gasteiger partial charge in [-0.2, -0.15) is 10.1 Å². The Morgan fingerprint density at radius 2 is 2.04 bits per heavy atom. The van der Waals surface area contributed by atoms with E-state index in [4.69, 9.17) is 9.26 Å². The van der Waals surface area contributed by atoms with Crippen molar-refractivity contribution < 1.29 is 14.1 Å². The SMILES string of the molecule is O=C(c1n[nH]c2ccccc12)N1CCC(OCc2nc(C3CC3)no2)CC1. The van der Waals surface area contributed by atoms with E-state index in [-0.39, 0.29) is 12.0 Å². The highest BCUT2D eigenvalue weighted by atomic mass is 16.5. The number of carbonyl (C=O) groups excluding carboxylic acids is 1. The Kier molecular flexibility index (Phi) is 4.12. The molecule has 1 saturated carbocycles. The normalized spacial score (nSPS) is 18.3. The van der Waals surface area contributed by atoms with Crippen molar-refractivity contribution in [1.29, 1.82) is 0 Å². The molecule has 27 heavy (non-hydrogen) atoms. The first-order valence-electron chi connectivity index (χ1n) is 9.44. The molecule has 1 aliphatic heterocycles. The predicted molar refractivity (Wildman–Crippen MR) is 96.1 cm³/mol. The van der Waals surface area contributed by atoms with Crippen molar-refractivity contribution in [3.63, 3.8) is 0 Å². The molecule has 1 saturated heterocycles. The standard InChI is InChI=1S/C19H21N5O3/c25-19(17-14-3-1-2-4-15(14)21-22-17)24-9-7-13(8-10-24)26-11-16-20-18(23-27-16)12-5-6-12/h1-4,12-13H,5-11H2,(H,21,22). The van der Waals surface area contributed by atoms with Crippen LogP contribution in [0.25, 0.3) is 10.9 Å². The number of likely N-dealkylation sites (tertiary alicyclic amines) is 1. The van der Waals surface area contributed by atoms with Crippen LogP contribution in [0.1, 0.15) is 53.8 Å². The number of benzene rings is 1. The van der Waals surface area contributed by atoms with E-state index in [0.717, 1.165) is 42.4 Å². The van der Waals surface area contributed by atoms with Gasteiger partial charge in [0.1, 0.15) is 6.61 Å². The van der Waals surface area contributed by atoms with Crippen molar-refractivity contribution in [2.75, 3.05) is 13.1 Å². The van der Waals surface area contributed by atoms with Crippen molar-refractivity contribution in [3.05, 3.63) is 41.7 Å². The van der Waals surface area contributed by atoms with Crippen LogP contribution in [0.3, 0.4) is 0 Å². The second-order valence-corrected chi connectivity index (χ2v) is 7.24. The van der Waals surface area contributed by atoms with E-state index >= 15 is 0 Å². The number of H-pyrrole nitrogens is 1. The number of hydrogen-bond donors (Lipinski definition) is 1. The van der Waals surface area contributed by atoms with Gasteiger partial charge < -0.3 is 14.2 Å². The maximum Gasteiger partial charge on any atom is 0.274 e. The zero-order valence-corrected chi connectivity index (χ0v) is 14.9. The molecule has 5 rings (SSSR count). The Bertz CT molecular complexity index is 953. The monoisotopic (exact) mass is 367 g/mol. The summed E-state index contributed by atoms with van der Waals surface area (Å²) in [6, 6.07) is 7.68. The summed E-state index contributed by atoms with van der Waals surface area (Å²) in [6.07, 6.45) is 3.98. The zero-order chi connectivity index (χ0) is 18.2. The van der Waals surface area contributed by atoms with Gasteiger partial charge in [-0.1, -0.05) is 23.4 Å². The molecule has 140 valence electrons. The number of hydrogen-bond acceptors (Lipinski definition) is 6. The average Bonchev–Trinajstić information content (AvgIpc) is 3.30. The van der Waals surface area contributed by atoms with Gasteiger partial charge in [0.05, 0.1) is 11.6 Å². The Hall–Kier alpha value is -2.74. The molecule has 1 N–H and O–H groups in total. The Balaban J connectivity index is 1.15. The summed E-state index contributed by atoms with van der Waals surface area (Å²) >= 11 is 0. The molecule has 2 aliphatic rings. The van der Waals surface area contributed by atoms with Gasteiger partial charge in [-0.05, 0) is 31.7 Å². The Morgan fingerprint density at radius 1 is 1.22 bits per heavy atom. The summed E-state index contributed by atoms with van der Waals surface area (Å²) in [5, 5.41) is 12.0. The van der Waals surface area contributed by atoms with Crippen molar-refractivity contribution in [2.24, 2.45) is 0 Å². The number of fused-ring (bicyclic) bond motifs is 1. The van der Waals surface area contributed by atoms with Crippen LogP contribution in [0.4, 0.5) is 0 Å². The quantitative estimate of drug-likeness (QED) is 0.744. The first kappa shape index (κ1) is 16.4. The van der Waals surface area contributed by atoms with Crippen molar-refractivity contribution in [2.45, 2.75) is 44.3 Å². The van der Waals surface area contributed by atoms with Crippen LogP contribution in [0, 0.1) is 0 Å². The fourth-order valence-corrected chi connectivity index (χ4v) is 3.52. The lowest BCUT2D eigenvalue weighted by Crippen LogP contribution is -2.41. The van der Waals surface area contributed by atoms with Gasteiger partial charge in [-0.15, -0.1) is 0 Å². The van der Waals surface area contributed by atoms with Crippen molar-refractivity contribution >= 4 is 16.8 Å². The molecule has 0 radical (unpaired) electrons. The van der Waals surface area contributed by atoms with E-state index in [1.54, 1.807) is 0 Å². The van der Waals surface area contributed by atoms with E-state index in [0.29, 0.717) is 37.2 Å². The molecular formula is C19H21N5O3. The van der Waals surface area contributed by atoms with E-state index in [1.165, 1.54) is 0 Å². The second kappa shape index (κ2) is 6.77. The lowest BCUT2D eigenvalue weighted by Gasteiger charge is -2.31. The number of nitrogens with one attached hydrogen (secondary N) is 1. The molecule has 1 amide bonds. The van der Waals surface area contributed by atoms with Gasteiger partial charge in [0, 0.05) is 24.4 Å². The zero-order valence-electron chi connectivity index (χ0n) is 14.9. The number of amides is 1. The number of para-hydroxylation sites is 1. The van der Waals surface area contributed by atoms with E-state index in [2.05, 4.69) is 20.3 Å². The average molecular weight is 367 g/mol. The molecule has 2 aromatic heterocycles. The number of nitrogens with zero attached hydrogens (tertiary/aromatic N) is 4. The molecule has 8 heteroatoms. The summed E-state index contributed by atoms with van der Waals surface area (Å²) in [5.41, 5.74) is 1.37. The summed E-state index contributed by atoms with van der Waals surface area (Å²) in [7, 11) is 0. The van der Waals surface area contributed by atoms with Gasteiger partial charge in [0.15, 0.2) is 11.5 Å². The predicted octanol–water partition coefficient (Wildman–Crippen LogP) is 2.64. The maximum absolute atomic E-state index is 12.8. The molecule has 8 nitrogen and oxygen atoms in total. The highest BCUT2D eigenvalue weighted by Crippen LogP contribution is 2.38. The minimum Gasteiger partial charge on any atom is -0.368 e. The molecule has 1 aromatic carbocycles. The highest BCUT2D eigenvalue weighted by Gasteiger charge is 2.29. The fourth-order valence-electron chi connectivity index (χ4n) is 3.52. The largest absolute Gasteiger partial charge is 0.368 e. The molecule has 0 spiro atoms. The molecule has 3 heterocycles. The molecule has 2 fully saturated rings. The summed E-state index contributed by atoms with van der Waals surface area (Å²) in [6.45, 7) is 1.64. The van der Waals surface area contributed by atoms with Crippen molar-refractivity contribution in [1.82, 2.24) is 25.2 Å². The Morgan fingerprint density at radius 3 is 2.85 bits per heavy atom. The number of piperidine rings is 1. The molecule has 0 bridgehead atoms. The van der Waals surface area contributed by atoms with E-state index < -0.39 is 0 Å². The summed E-state index contributed by atoms with van der Waals surface area (Å²) < 4.78 is 11.2. The number of carbonyl (C=O) groups is 1. The van der Waals surface area contributed by atoms with E-state index in [1.807, 2.05) is 29.2 Å². The highest BCUT2D eigenvalue weighted by molar-refractivity contribution is 6.04. The smallest absolute Gasteiger partial charge is 0.274 e. The van der Waals surface area contributed by atoms with Gasteiger partial charge in [-0.3, -0.25) is 9.89 Å².